The first-order valence-corrected chi connectivity index (χ1v) is 4.43. The molecule has 0 spiro atoms. The smallest absolute Gasteiger partial charge is 0.331 e. The Balaban J connectivity index is 3.36. The highest BCUT2D eigenvalue weighted by atomic mass is 31.2. The molecule has 0 amide bonds. The van der Waals surface area contributed by atoms with E-state index in [1.807, 2.05) is 0 Å². The minimum absolute atomic E-state index is 0.410. The molecule has 0 aliphatic rings. The summed E-state index contributed by atoms with van der Waals surface area (Å²) in [5.74, 6) is -0.410. The normalized spacial score (nSPS) is 13.6. The van der Waals surface area contributed by atoms with Crippen molar-refractivity contribution in [1.29, 1.82) is 0 Å². The molecule has 0 aromatic rings. The second-order valence-electron chi connectivity index (χ2n) is 0.981. The van der Waals surface area contributed by atoms with Crippen LogP contribution in [-0.2, 0) is 4.57 Å². The molecule has 0 radical (unpaired) electrons. The predicted molar refractivity (Wildman–Crippen MR) is 27.4 cm³/mol. The van der Waals surface area contributed by atoms with Gasteiger partial charge < -0.3 is 14.7 Å². The van der Waals surface area contributed by atoms with Crippen LogP contribution in [0.25, 0.3) is 0 Å². The van der Waals surface area contributed by atoms with Crippen molar-refractivity contribution in [2.75, 3.05) is 5.90 Å². The fraction of sp³-hybridized carbons (Fsp3) is 1.00. The highest BCUT2D eigenvalue weighted by Crippen LogP contribution is 2.39. The molecular formula is CH6O4P2. The molecule has 0 fully saturated rings. The number of hydrogen-bond donors (Lipinski definition) is 3. The number of rotatable bonds is 2. The van der Waals surface area contributed by atoms with Gasteiger partial charge in [0.05, 0.1) is 5.90 Å². The molecule has 0 heterocycles. The van der Waals surface area contributed by atoms with Crippen molar-refractivity contribution < 1.29 is 19.2 Å². The van der Waals surface area contributed by atoms with Crippen molar-refractivity contribution in [2.24, 2.45) is 0 Å². The zero-order valence-electron chi connectivity index (χ0n) is 3.40. The first-order chi connectivity index (χ1) is 3.06. The van der Waals surface area contributed by atoms with E-state index in [1.54, 1.807) is 0 Å². The van der Waals surface area contributed by atoms with Crippen molar-refractivity contribution in [2.45, 2.75) is 0 Å². The van der Waals surface area contributed by atoms with Gasteiger partial charge in [-0.25, -0.2) is 0 Å². The van der Waals surface area contributed by atoms with E-state index < -0.39 is 22.3 Å². The van der Waals surface area contributed by atoms with E-state index in [9.17, 15) is 4.57 Å². The lowest BCUT2D eigenvalue weighted by Gasteiger charge is -1.95. The molecule has 0 aliphatic heterocycles. The van der Waals surface area contributed by atoms with Crippen LogP contribution >= 0.6 is 16.4 Å². The van der Waals surface area contributed by atoms with E-state index in [4.69, 9.17) is 14.7 Å². The van der Waals surface area contributed by atoms with Gasteiger partial charge >= 0.3 is 7.60 Å². The molecule has 44 valence electrons. The van der Waals surface area contributed by atoms with Gasteiger partial charge in [0.1, 0.15) is 0 Å². The monoisotopic (exact) mass is 144 g/mol. The van der Waals surface area contributed by atoms with E-state index in [1.165, 1.54) is 0 Å². The minimum Gasteiger partial charge on any atom is -0.376 e. The molecule has 1 atom stereocenters. The zero-order valence-corrected chi connectivity index (χ0v) is 5.30. The molecule has 0 rings (SSSR count). The first kappa shape index (κ1) is 7.54. The van der Waals surface area contributed by atoms with Crippen molar-refractivity contribution in [3.63, 3.8) is 0 Å². The summed E-state index contributed by atoms with van der Waals surface area (Å²) in [4.78, 5) is 23.9. The van der Waals surface area contributed by atoms with Crippen LogP contribution in [0, 0.1) is 0 Å². The van der Waals surface area contributed by atoms with E-state index >= 15 is 0 Å². The van der Waals surface area contributed by atoms with Crippen LogP contribution in [0.4, 0.5) is 0 Å². The maximum Gasteiger partial charge on any atom is 0.331 e. The van der Waals surface area contributed by atoms with Crippen LogP contribution < -0.4 is 0 Å². The van der Waals surface area contributed by atoms with Gasteiger partial charge in [-0.2, -0.15) is 0 Å². The van der Waals surface area contributed by atoms with Gasteiger partial charge in [0.2, 0.25) is 0 Å². The molecule has 0 aliphatic carbocycles. The Bertz CT molecular complexity index is 83.7. The summed E-state index contributed by atoms with van der Waals surface area (Å²) in [6, 6.07) is 0. The lowest BCUT2D eigenvalue weighted by Crippen LogP contribution is -1.76. The molecule has 7 heavy (non-hydrogen) atoms. The highest BCUT2D eigenvalue weighted by Gasteiger charge is 2.09. The maximum atomic E-state index is 9.77. The third-order valence-electron chi connectivity index (χ3n) is 0.277. The summed E-state index contributed by atoms with van der Waals surface area (Å²) in [6.07, 6.45) is 0. The second kappa shape index (κ2) is 2.75. The molecule has 6 heteroatoms. The van der Waals surface area contributed by atoms with Crippen LogP contribution in [0.2, 0.25) is 0 Å². The van der Waals surface area contributed by atoms with E-state index in [0.717, 1.165) is 0 Å². The van der Waals surface area contributed by atoms with Crippen molar-refractivity contribution in [3.8, 4) is 0 Å². The standard InChI is InChI=1S/CH6O4P2/c2-6-1-7(3,4)5/h2,6H,1H2,(H2,3,4,5). The molecule has 0 bridgehead atoms. The third kappa shape index (κ3) is 6.54. The fourth-order valence-corrected chi connectivity index (χ4v) is 0.829. The number of hydrogen-bond acceptors (Lipinski definition) is 2. The molecule has 0 saturated heterocycles. The van der Waals surface area contributed by atoms with Crippen LogP contribution in [0.1, 0.15) is 0 Å². The topological polar surface area (TPSA) is 77.8 Å². The lowest BCUT2D eigenvalue weighted by molar-refractivity contribution is 0.378. The minimum atomic E-state index is -3.90. The van der Waals surface area contributed by atoms with E-state index in [2.05, 4.69) is 0 Å². The zero-order chi connectivity index (χ0) is 5.91. The Labute approximate surface area is 42.6 Å². The predicted octanol–water partition coefficient (Wildman–Crippen LogP) is -0.293. The quantitative estimate of drug-likeness (QED) is 0.465. The van der Waals surface area contributed by atoms with Gasteiger partial charge in [-0.3, -0.25) is 4.57 Å². The van der Waals surface area contributed by atoms with Crippen molar-refractivity contribution >= 4 is 16.4 Å². The van der Waals surface area contributed by atoms with Crippen LogP contribution in [0.15, 0.2) is 0 Å². The van der Waals surface area contributed by atoms with Crippen LogP contribution in [0.5, 0.6) is 0 Å². The van der Waals surface area contributed by atoms with Gasteiger partial charge in [0, 0.05) is 8.81 Å². The molecule has 0 aromatic heterocycles. The summed E-state index contributed by atoms with van der Waals surface area (Å²) in [5, 5.41) is 0. The maximum absolute atomic E-state index is 9.77. The Morgan fingerprint density at radius 1 is 1.57 bits per heavy atom. The summed E-state index contributed by atoms with van der Waals surface area (Å²) in [5.41, 5.74) is 0. The van der Waals surface area contributed by atoms with Crippen molar-refractivity contribution in [3.05, 3.63) is 0 Å². The molecule has 1 unspecified atom stereocenters. The summed E-state index contributed by atoms with van der Waals surface area (Å²) in [6.45, 7) is 0. The fourth-order valence-electron chi connectivity index (χ4n) is 0.0921. The van der Waals surface area contributed by atoms with E-state index in [0.29, 0.717) is 0 Å². The largest absolute Gasteiger partial charge is 0.376 e. The second-order valence-corrected chi connectivity index (χ2v) is 3.89. The van der Waals surface area contributed by atoms with Gasteiger partial charge in [0.15, 0.2) is 0 Å². The Morgan fingerprint density at radius 3 is 2.00 bits per heavy atom. The average molecular weight is 144 g/mol. The SMILES string of the molecule is O=P(O)(O)CPO. The van der Waals surface area contributed by atoms with E-state index in [-0.39, 0.29) is 0 Å². The third-order valence-corrected chi connectivity index (χ3v) is 2.49. The Kier molecular flexibility index (Phi) is 2.96. The summed E-state index contributed by atoms with van der Waals surface area (Å²) in [7, 11) is -4.56. The average Bonchev–Trinajstić information content (AvgIpc) is 1.30. The molecule has 0 aromatic carbocycles. The van der Waals surface area contributed by atoms with Gasteiger partial charge in [-0.15, -0.1) is 0 Å². The van der Waals surface area contributed by atoms with Crippen LogP contribution in [-0.4, -0.2) is 20.6 Å². The highest BCUT2D eigenvalue weighted by molar-refractivity contribution is 7.62. The van der Waals surface area contributed by atoms with Gasteiger partial charge in [0.25, 0.3) is 0 Å². The Hall–Kier alpha value is 0.540. The lowest BCUT2D eigenvalue weighted by atomic mass is 11.9. The molecule has 4 nitrogen and oxygen atoms in total. The summed E-state index contributed by atoms with van der Waals surface area (Å²) >= 11 is 0. The van der Waals surface area contributed by atoms with Gasteiger partial charge in [-0.1, -0.05) is 0 Å². The van der Waals surface area contributed by atoms with Gasteiger partial charge in [-0.05, 0) is 0 Å². The molecule has 3 N–H and O–H groups in total. The summed E-state index contributed by atoms with van der Waals surface area (Å²) < 4.78 is 9.77. The molecular weight excluding hydrogens is 138 g/mol. The van der Waals surface area contributed by atoms with Crippen molar-refractivity contribution in [1.82, 2.24) is 0 Å². The van der Waals surface area contributed by atoms with Crippen LogP contribution in [0.3, 0.4) is 0 Å². The Morgan fingerprint density at radius 2 is 2.00 bits per heavy atom. The first-order valence-electron chi connectivity index (χ1n) is 1.48. The molecule has 0 saturated carbocycles.